The first-order valence-corrected chi connectivity index (χ1v) is 11.8. The van der Waals surface area contributed by atoms with Crippen LogP contribution in [0.2, 0.25) is 0 Å². The summed E-state index contributed by atoms with van der Waals surface area (Å²) in [5.41, 5.74) is 2.39. The number of hydrogen-bond acceptors (Lipinski definition) is 6. The molecular formula is C22H26N4O5S. The fourth-order valence-electron chi connectivity index (χ4n) is 3.75. The van der Waals surface area contributed by atoms with Gasteiger partial charge in [0.25, 0.3) is 11.6 Å². The highest BCUT2D eigenvalue weighted by molar-refractivity contribution is 7.89. The Morgan fingerprint density at radius 1 is 1.12 bits per heavy atom. The average Bonchev–Trinajstić information content (AvgIpc) is 2.82. The van der Waals surface area contributed by atoms with Crippen LogP contribution in [-0.4, -0.2) is 62.5 Å². The summed E-state index contributed by atoms with van der Waals surface area (Å²) in [5, 5.41) is 14.4. The molecule has 1 amide bonds. The highest BCUT2D eigenvalue weighted by Crippen LogP contribution is 2.34. The molecule has 32 heavy (non-hydrogen) atoms. The predicted molar refractivity (Wildman–Crippen MR) is 124 cm³/mol. The molecule has 0 saturated carbocycles. The van der Waals surface area contributed by atoms with Crippen molar-refractivity contribution in [3.8, 4) is 0 Å². The van der Waals surface area contributed by atoms with Crippen LogP contribution in [0.1, 0.15) is 28.4 Å². The van der Waals surface area contributed by atoms with Gasteiger partial charge in [-0.05, 0) is 35.8 Å². The Labute approximate surface area is 187 Å². The molecular weight excluding hydrogens is 432 g/mol. The van der Waals surface area contributed by atoms with Crippen LogP contribution in [0, 0.1) is 10.1 Å². The van der Waals surface area contributed by atoms with Crippen LogP contribution < -0.4 is 10.2 Å². The Morgan fingerprint density at radius 2 is 1.75 bits per heavy atom. The zero-order valence-corrected chi connectivity index (χ0v) is 18.9. The molecule has 9 nitrogen and oxygen atoms in total. The molecule has 2 aromatic carbocycles. The molecule has 10 heteroatoms. The van der Waals surface area contributed by atoms with Crippen LogP contribution >= 0.6 is 0 Å². The van der Waals surface area contributed by atoms with Crippen molar-refractivity contribution in [3.05, 3.63) is 75.8 Å². The molecule has 1 aliphatic rings. The van der Waals surface area contributed by atoms with E-state index in [0.29, 0.717) is 41.0 Å². The molecule has 2 aromatic rings. The summed E-state index contributed by atoms with van der Waals surface area (Å²) in [6.07, 6.45) is 0. The fourth-order valence-corrected chi connectivity index (χ4v) is 4.83. The van der Waals surface area contributed by atoms with Gasteiger partial charge in [-0.15, -0.1) is 0 Å². The number of amides is 1. The summed E-state index contributed by atoms with van der Waals surface area (Å²) in [6.45, 7) is 6.95. The second-order valence-electron chi connectivity index (χ2n) is 7.35. The number of nitrogens with zero attached hydrogens (tertiary/aromatic N) is 3. The maximum atomic E-state index is 12.2. The number of carbonyl (C=O) groups is 1. The molecule has 1 saturated heterocycles. The Bertz CT molecular complexity index is 1150. The van der Waals surface area contributed by atoms with Crippen LogP contribution in [0.4, 0.5) is 11.4 Å². The lowest BCUT2D eigenvalue weighted by molar-refractivity contribution is -0.384. The van der Waals surface area contributed by atoms with Crippen molar-refractivity contribution in [2.24, 2.45) is 0 Å². The summed E-state index contributed by atoms with van der Waals surface area (Å²) < 4.78 is 25.6. The number of hydrogen-bond donors (Lipinski definition) is 1. The lowest BCUT2D eigenvalue weighted by Gasteiger charge is -2.35. The normalized spacial score (nSPS) is 14.8. The number of nitrogens with one attached hydrogen (secondary N) is 1. The largest absolute Gasteiger partial charge is 0.363 e. The Balaban J connectivity index is 1.91. The summed E-state index contributed by atoms with van der Waals surface area (Å²) in [4.78, 5) is 25.4. The van der Waals surface area contributed by atoms with Gasteiger partial charge in [0.1, 0.15) is 5.69 Å². The summed E-state index contributed by atoms with van der Waals surface area (Å²) in [5.74, 6) is -0.241. The van der Waals surface area contributed by atoms with E-state index in [1.807, 2.05) is 4.90 Å². The molecule has 1 aliphatic heterocycles. The quantitative estimate of drug-likeness (QED) is 0.504. The maximum absolute atomic E-state index is 12.2. The first kappa shape index (κ1) is 23.4. The second-order valence-corrected chi connectivity index (χ2v) is 9.61. The molecule has 3 rings (SSSR count). The first-order valence-electron chi connectivity index (χ1n) is 10.2. The van der Waals surface area contributed by atoms with Gasteiger partial charge in [0, 0.05) is 44.9 Å². The van der Waals surface area contributed by atoms with Gasteiger partial charge in [0.05, 0.1) is 10.7 Å². The minimum Gasteiger partial charge on any atom is -0.363 e. The van der Waals surface area contributed by atoms with E-state index in [9.17, 15) is 23.3 Å². The number of piperazine rings is 1. The van der Waals surface area contributed by atoms with Gasteiger partial charge in [-0.2, -0.15) is 4.31 Å². The van der Waals surface area contributed by atoms with E-state index >= 15 is 0 Å². The van der Waals surface area contributed by atoms with E-state index in [1.165, 1.54) is 17.4 Å². The molecule has 1 N–H and O–H groups in total. The van der Waals surface area contributed by atoms with Crippen molar-refractivity contribution in [3.63, 3.8) is 0 Å². The Morgan fingerprint density at radius 3 is 2.31 bits per heavy atom. The molecule has 0 bridgehead atoms. The summed E-state index contributed by atoms with van der Waals surface area (Å²) >= 11 is 0. The predicted octanol–water partition coefficient (Wildman–Crippen LogP) is 2.49. The fraction of sp³-hybridized carbons (Fsp3) is 0.318. The van der Waals surface area contributed by atoms with E-state index < -0.39 is 14.9 Å². The van der Waals surface area contributed by atoms with Crippen LogP contribution in [0.5, 0.6) is 0 Å². The smallest absolute Gasteiger partial charge is 0.293 e. The van der Waals surface area contributed by atoms with Crippen LogP contribution in [0.3, 0.4) is 0 Å². The average molecular weight is 459 g/mol. The Hall–Kier alpha value is -3.24. The maximum Gasteiger partial charge on any atom is 0.293 e. The van der Waals surface area contributed by atoms with Crippen LogP contribution in [0.15, 0.2) is 49.0 Å². The third-order valence-electron chi connectivity index (χ3n) is 5.58. The van der Waals surface area contributed by atoms with Gasteiger partial charge < -0.3 is 10.2 Å². The third kappa shape index (κ3) is 4.66. The van der Waals surface area contributed by atoms with E-state index in [4.69, 9.17) is 0 Å². The van der Waals surface area contributed by atoms with Gasteiger partial charge in [-0.25, -0.2) is 8.42 Å². The number of anilines is 1. The molecule has 0 radical (unpaired) electrons. The van der Waals surface area contributed by atoms with E-state index in [-0.39, 0.29) is 30.4 Å². The van der Waals surface area contributed by atoms with E-state index in [0.717, 1.165) is 0 Å². The lowest BCUT2D eigenvalue weighted by atomic mass is 9.94. The molecule has 1 heterocycles. The number of carbonyl (C=O) groups excluding carboxylic acids is 1. The monoisotopic (exact) mass is 458 g/mol. The molecule has 0 aliphatic carbocycles. The number of benzene rings is 2. The van der Waals surface area contributed by atoms with Crippen LogP contribution in [-0.2, 0) is 10.0 Å². The first-order chi connectivity index (χ1) is 15.2. The van der Waals surface area contributed by atoms with Crippen molar-refractivity contribution < 1.29 is 18.1 Å². The van der Waals surface area contributed by atoms with Gasteiger partial charge in [-0.3, -0.25) is 14.9 Å². The summed E-state index contributed by atoms with van der Waals surface area (Å²) in [6, 6.07) is 11.8. The molecule has 0 atom stereocenters. The van der Waals surface area contributed by atoms with Crippen molar-refractivity contribution in [1.82, 2.24) is 9.62 Å². The lowest BCUT2D eigenvalue weighted by Crippen LogP contribution is -2.49. The van der Waals surface area contributed by atoms with Crippen LogP contribution in [0.25, 0.3) is 5.57 Å². The van der Waals surface area contributed by atoms with Gasteiger partial charge in [0.15, 0.2) is 0 Å². The van der Waals surface area contributed by atoms with E-state index in [1.54, 1.807) is 43.3 Å². The van der Waals surface area contributed by atoms with Crippen molar-refractivity contribution >= 4 is 32.9 Å². The number of nitro groups is 1. The molecule has 0 unspecified atom stereocenters. The Kier molecular flexibility index (Phi) is 6.95. The SMILES string of the molecule is C=C(c1ccc(N2CCN(S(=O)(=O)CC)CC2)c([N+](=O)[O-])c1)c1ccccc1C(=O)NC. The molecule has 170 valence electrons. The minimum absolute atomic E-state index is 0.0293. The van der Waals surface area contributed by atoms with Crippen molar-refractivity contribution in [2.75, 3.05) is 43.9 Å². The van der Waals surface area contributed by atoms with Crippen molar-refractivity contribution in [1.29, 1.82) is 0 Å². The second kappa shape index (κ2) is 9.49. The van der Waals surface area contributed by atoms with Gasteiger partial charge in [0.2, 0.25) is 10.0 Å². The zero-order chi connectivity index (χ0) is 23.5. The molecule has 0 aromatic heterocycles. The summed E-state index contributed by atoms with van der Waals surface area (Å²) in [7, 11) is -1.75. The number of sulfonamides is 1. The molecule has 0 spiro atoms. The van der Waals surface area contributed by atoms with Crippen molar-refractivity contribution in [2.45, 2.75) is 6.92 Å². The number of nitro benzene ring substituents is 1. The van der Waals surface area contributed by atoms with Gasteiger partial charge >= 0.3 is 0 Å². The zero-order valence-electron chi connectivity index (χ0n) is 18.1. The van der Waals surface area contributed by atoms with Gasteiger partial charge in [-0.1, -0.05) is 30.8 Å². The standard InChI is InChI=1S/C22H26N4O5S/c1-4-32(30,31)25-13-11-24(12-14-25)20-10-9-17(15-21(20)26(28)29)16(2)18-7-5-6-8-19(18)22(27)23-3/h5-10,15H,2,4,11-14H2,1,3H3,(H,23,27). The topological polar surface area (TPSA) is 113 Å². The highest BCUT2D eigenvalue weighted by Gasteiger charge is 2.29. The highest BCUT2D eigenvalue weighted by atomic mass is 32.2. The van der Waals surface area contributed by atoms with E-state index in [2.05, 4.69) is 11.9 Å². The molecule has 1 fully saturated rings. The minimum atomic E-state index is -3.29. The third-order valence-corrected chi connectivity index (χ3v) is 7.46. The number of rotatable bonds is 7.